The lowest BCUT2D eigenvalue weighted by Gasteiger charge is -2.44. The van der Waals surface area contributed by atoms with Gasteiger partial charge in [-0.15, -0.1) is 0 Å². The molecule has 1 saturated heterocycles. The van der Waals surface area contributed by atoms with Crippen LogP contribution in [0.15, 0.2) is 0 Å². The van der Waals surface area contributed by atoms with E-state index >= 15 is 0 Å². The van der Waals surface area contributed by atoms with Crippen LogP contribution in [0.25, 0.3) is 0 Å². The number of likely N-dealkylation sites (tertiary alicyclic amines) is 1. The highest BCUT2D eigenvalue weighted by molar-refractivity contribution is 5.83. The summed E-state index contributed by atoms with van der Waals surface area (Å²) in [6.07, 6.45) is 10.4. The fraction of sp³-hybridized carbons (Fsp3) is 0.938. The van der Waals surface area contributed by atoms with E-state index in [0.29, 0.717) is 24.6 Å². The Hall–Kier alpha value is -0.610. The van der Waals surface area contributed by atoms with E-state index in [1.807, 2.05) is 0 Å². The van der Waals surface area contributed by atoms with Gasteiger partial charge in [0, 0.05) is 25.2 Å². The van der Waals surface area contributed by atoms with Gasteiger partial charge in [0.25, 0.3) is 0 Å². The van der Waals surface area contributed by atoms with Crippen LogP contribution >= 0.6 is 0 Å². The van der Waals surface area contributed by atoms with Gasteiger partial charge in [-0.2, -0.15) is 0 Å². The fourth-order valence-corrected chi connectivity index (χ4v) is 4.15. The zero-order chi connectivity index (χ0) is 13.9. The maximum atomic E-state index is 12.4. The van der Waals surface area contributed by atoms with Crippen molar-refractivity contribution in [1.82, 2.24) is 10.2 Å². The molecule has 1 unspecified atom stereocenters. The second-order valence-corrected chi connectivity index (χ2v) is 6.89. The smallest absolute Gasteiger partial charge is 0.237 e. The first-order chi connectivity index (χ1) is 9.78. The Labute approximate surface area is 121 Å². The summed E-state index contributed by atoms with van der Waals surface area (Å²) in [5, 5.41) is 12.4. The van der Waals surface area contributed by atoms with Crippen molar-refractivity contribution in [3.8, 4) is 0 Å². The number of aliphatic hydroxyl groups is 1. The van der Waals surface area contributed by atoms with Gasteiger partial charge in [0.1, 0.15) is 0 Å². The van der Waals surface area contributed by atoms with Crippen LogP contribution in [-0.2, 0) is 4.79 Å². The van der Waals surface area contributed by atoms with Gasteiger partial charge in [-0.3, -0.25) is 9.69 Å². The van der Waals surface area contributed by atoms with E-state index < -0.39 is 0 Å². The van der Waals surface area contributed by atoms with E-state index in [1.165, 1.54) is 25.7 Å². The van der Waals surface area contributed by atoms with E-state index in [0.717, 1.165) is 38.6 Å². The van der Waals surface area contributed by atoms with Crippen molar-refractivity contribution in [3.63, 3.8) is 0 Å². The third-order valence-electron chi connectivity index (χ3n) is 5.61. The van der Waals surface area contributed by atoms with E-state index in [1.54, 1.807) is 0 Å². The van der Waals surface area contributed by atoms with Crippen molar-refractivity contribution in [2.24, 2.45) is 5.92 Å². The summed E-state index contributed by atoms with van der Waals surface area (Å²) in [6.45, 7) is 1.42. The van der Waals surface area contributed by atoms with Crippen LogP contribution in [0.1, 0.15) is 57.8 Å². The Balaban J connectivity index is 1.45. The van der Waals surface area contributed by atoms with E-state index in [2.05, 4.69) is 10.2 Å². The van der Waals surface area contributed by atoms with Gasteiger partial charge in [0.15, 0.2) is 0 Å². The highest BCUT2D eigenvalue weighted by Gasteiger charge is 2.40. The van der Waals surface area contributed by atoms with E-state index in [4.69, 9.17) is 5.11 Å². The molecule has 1 amide bonds. The Kier molecular flexibility index (Phi) is 4.61. The lowest BCUT2D eigenvalue weighted by molar-refractivity contribution is -0.133. The predicted molar refractivity (Wildman–Crippen MR) is 78.3 cm³/mol. The van der Waals surface area contributed by atoms with Gasteiger partial charge < -0.3 is 10.4 Å². The average molecular weight is 280 g/mol. The highest BCUT2D eigenvalue weighted by atomic mass is 16.3. The molecule has 0 aromatic carbocycles. The molecule has 3 rings (SSSR count). The second-order valence-electron chi connectivity index (χ2n) is 6.89. The average Bonchev–Trinajstić information content (AvgIpc) is 2.92. The number of amides is 1. The number of carbonyl (C=O) groups is 1. The van der Waals surface area contributed by atoms with Crippen molar-refractivity contribution >= 4 is 5.91 Å². The van der Waals surface area contributed by atoms with Crippen LogP contribution in [-0.4, -0.2) is 47.2 Å². The largest absolute Gasteiger partial charge is 0.396 e. The topological polar surface area (TPSA) is 52.6 Å². The Morgan fingerprint density at radius 3 is 2.30 bits per heavy atom. The molecule has 0 spiro atoms. The second kappa shape index (κ2) is 6.44. The molecule has 1 atom stereocenters. The summed E-state index contributed by atoms with van der Waals surface area (Å²) in [5.74, 6) is 0.720. The summed E-state index contributed by atoms with van der Waals surface area (Å²) in [6, 6.07) is 1.16. The first-order valence-corrected chi connectivity index (χ1v) is 8.45. The van der Waals surface area contributed by atoms with Crippen LogP contribution < -0.4 is 5.32 Å². The number of nitrogens with one attached hydrogen (secondary N) is 1. The molecule has 0 radical (unpaired) electrons. The quantitative estimate of drug-likeness (QED) is 0.823. The SMILES string of the molecule is O=C(NC1CCC(CO)CC1)C1CCN1C1CCCC1. The molecule has 1 heterocycles. The van der Waals surface area contributed by atoms with Crippen LogP contribution in [0.2, 0.25) is 0 Å². The summed E-state index contributed by atoms with van der Waals surface area (Å²) in [4.78, 5) is 14.8. The Morgan fingerprint density at radius 1 is 1.05 bits per heavy atom. The van der Waals surface area contributed by atoms with Crippen molar-refractivity contribution in [2.45, 2.75) is 75.9 Å². The number of nitrogens with zero attached hydrogens (tertiary/aromatic N) is 1. The molecule has 20 heavy (non-hydrogen) atoms. The molecule has 0 aromatic rings. The third-order valence-corrected chi connectivity index (χ3v) is 5.61. The monoisotopic (exact) mass is 280 g/mol. The molecule has 4 heteroatoms. The number of hydrogen-bond acceptors (Lipinski definition) is 3. The lowest BCUT2D eigenvalue weighted by Crippen LogP contribution is -2.60. The number of hydrogen-bond donors (Lipinski definition) is 2. The van der Waals surface area contributed by atoms with Gasteiger partial charge in [0.2, 0.25) is 5.91 Å². The normalized spacial score (nSPS) is 35.8. The lowest BCUT2D eigenvalue weighted by atomic mass is 9.86. The number of carbonyl (C=O) groups excluding carboxylic acids is 1. The zero-order valence-electron chi connectivity index (χ0n) is 12.4. The van der Waals surface area contributed by atoms with E-state index in [9.17, 15) is 4.79 Å². The minimum Gasteiger partial charge on any atom is -0.396 e. The summed E-state index contributed by atoms with van der Waals surface area (Å²) >= 11 is 0. The third kappa shape index (κ3) is 3.01. The van der Waals surface area contributed by atoms with Gasteiger partial charge in [-0.25, -0.2) is 0 Å². The van der Waals surface area contributed by atoms with E-state index in [-0.39, 0.29) is 11.9 Å². The van der Waals surface area contributed by atoms with Crippen LogP contribution in [0.5, 0.6) is 0 Å². The van der Waals surface area contributed by atoms with Gasteiger partial charge in [-0.1, -0.05) is 12.8 Å². The Bertz CT molecular complexity index is 333. The van der Waals surface area contributed by atoms with Gasteiger partial charge in [0.05, 0.1) is 6.04 Å². The predicted octanol–water partition coefficient (Wildman–Crippen LogP) is 1.67. The molecule has 2 N–H and O–H groups in total. The van der Waals surface area contributed by atoms with Crippen LogP contribution in [0.3, 0.4) is 0 Å². The summed E-state index contributed by atoms with van der Waals surface area (Å²) < 4.78 is 0. The van der Waals surface area contributed by atoms with Crippen molar-refractivity contribution in [1.29, 1.82) is 0 Å². The molecule has 3 aliphatic rings. The molecule has 4 nitrogen and oxygen atoms in total. The minimum atomic E-state index is 0.147. The molecule has 0 aromatic heterocycles. The number of rotatable bonds is 4. The van der Waals surface area contributed by atoms with Crippen molar-refractivity contribution < 1.29 is 9.90 Å². The first-order valence-electron chi connectivity index (χ1n) is 8.45. The van der Waals surface area contributed by atoms with Crippen molar-refractivity contribution in [2.75, 3.05) is 13.2 Å². The van der Waals surface area contributed by atoms with Crippen LogP contribution in [0, 0.1) is 5.92 Å². The molecule has 1 aliphatic heterocycles. The minimum absolute atomic E-state index is 0.147. The van der Waals surface area contributed by atoms with Crippen molar-refractivity contribution in [3.05, 3.63) is 0 Å². The number of aliphatic hydroxyl groups excluding tert-OH is 1. The molecule has 2 aliphatic carbocycles. The zero-order valence-corrected chi connectivity index (χ0v) is 12.4. The molecular weight excluding hydrogens is 252 g/mol. The standard InChI is InChI=1S/C16H28N2O2/c19-11-12-5-7-13(8-6-12)17-16(20)15-9-10-18(15)14-3-1-2-4-14/h12-15,19H,1-11H2,(H,17,20). The fourth-order valence-electron chi connectivity index (χ4n) is 4.15. The highest BCUT2D eigenvalue weighted by Crippen LogP contribution is 2.31. The molecule has 114 valence electrons. The summed E-state index contributed by atoms with van der Waals surface area (Å²) in [7, 11) is 0. The molecule has 3 fully saturated rings. The maximum absolute atomic E-state index is 12.4. The summed E-state index contributed by atoms with van der Waals surface area (Å²) in [5.41, 5.74) is 0. The molecule has 2 saturated carbocycles. The van der Waals surface area contributed by atoms with Gasteiger partial charge >= 0.3 is 0 Å². The van der Waals surface area contributed by atoms with Gasteiger partial charge in [-0.05, 0) is 50.9 Å². The first kappa shape index (κ1) is 14.3. The molecule has 0 bridgehead atoms. The Morgan fingerprint density at radius 2 is 1.75 bits per heavy atom. The molecular formula is C16H28N2O2. The van der Waals surface area contributed by atoms with Crippen LogP contribution in [0.4, 0.5) is 0 Å². The maximum Gasteiger partial charge on any atom is 0.237 e.